The van der Waals surface area contributed by atoms with Gasteiger partial charge in [-0.3, -0.25) is 4.79 Å². The maximum absolute atomic E-state index is 11.9. The third kappa shape index (κ3) is 3.38. The quantitative estimate of drug-likeness (QED) is 0.695. The number of nitriles is 1. The molecule has 0 aliphatic carbocycles. The fourth-order valence-electron chi connectivity index (χ4n) is 3.00. The summed E-state index contributed by atoms with van der Waals surface area (Å²) in [5.74, 6) is 1.40. The number of benzene rings is 2. The lowest BCUT2D eigenvalue weighted by Gasteiger charge is -2.13. The van der Waals surface area contributed by atoms with Gasteiger partial charge in [-0.15, -0.1) is 0 Å². The Morgan fingerprint density at radius 1 is 0.962 bits per heavy atom. The molecule has 0 N–H and O–H groups in total. The molecule has 130 valence electrons. The van der Waals surface area contributed by atoms with E-state index in [1.807, 2.05) is 44.2 Å². The Balaban J connectivity index is 2.11. The Bertz CT molecular complexity index is 1040. The first-order valence-electron chi connectivity index (χ1n) is 8.36. The van der Waals surface area contributed by atoms with Crippen molar-refractivity contribution in [1.29, 1.82) is 5.26 Å². The number of ether oxygens (including phenoxy) is 1. The molecule has 4 nitrogen and oxygen atoms in total. The molecular formula is C22H20N2O2. The van der Waals surface area contributed by atoms with Gasteiger partial charge in [-0.25, -0.2) is 0 Å². The third-order valence-corrected chi connectivity index (χ3v) is 4.36. The van der Waals surface area contributed by atoms with Gasteiger partial charge in [-0.2, -0.15) is 5.26 Å². The molecule has 0 saturated carbocycles. The Kier molecular flexibility index (Phi) is 4.64. The highest BCUT2D eigenvalue weighted by Gasteiger charge is 2.10. The normalized spacial score (nSPS) is 10.4. The van der Waals surface area contributed by atoms with Crippen molar-refractivity contribution in [2.45, 2.75) is 20.8 Å². The lowest BCUT2D eigenvalue weighted by atomic mass is 10.0. The molecule has 0 amide bonds. The van der Waals surface area contributed by atoms with E-state index >= 15 is 0 Å². The predicted molar refractivity (Wildman–Crippen MR) is 103 cm³/mol. The summed E-state index contributed by atoms with van der Waals surface area (Å²) in [5.41, 5.74) is 4.91. The second kappa shape index (κ2) is 6.89. The van der Waals surface area contributed by atoms with Crippen LogP contribution in [-0.4, -0.2) is 4.57 Å². The van der Waals surface area contributed by atoms with E-state index in [0.717, 1.165) is 28.0 Å². The van der Waals surface area contributed by atoms with Crippen LogP contribution in [0.2, 0.25) is 0 Å². The topological polar surface area (TPSA) is 55.0 Å². The van der Waals surface area contributed by atoms with E-state index < -0.39 is 0 Å². The molecule has 0 atom stereocenters. The second-order valence-corrected chi connectivity index (χ2v) is 6.51. The fraction of sp³-hybridized carbons (Fsp3) is 0.182. The van der Waals surface area contributed by atoms with E-state index in [1.165, 1.54) is 0 Å². The molecule has 0 spiro atoms. The Hall–Kier alpha value is -3.32. The van der Waals surface area contributed by atoms with Crippen LogP contribution < -0.4 is 10.3 Å². The number of hydrogen-bond acceptors (Lipinski definition) is 3. The summed E-state index contributed by atoms with van der Waals surface area (Å²) in [5, 5.41) is 9.40. The van der Waals surface area contributed by atoms with Crippen LogP contribution in [0.3, 0.4) is 0 Å². The van der Waals surface area contributed by atoms with Crippen LogP contribution in [0.1, 0.15) is 22.3 Å². The van der Waals surface area contributed by atoms with Gasteiger partial charge in [-0.05, 0) is 67.3 Å². The van der Waals surface area contributed by atoms with Gasteiger partial charge < -0.3 is 9.30 Å². The molecule has 3 rings (SSSR count). The monoisotopic (exact) mass is 344 g/mol. The molecule has 0 aliphatic rings. The minimum atomic E-state index is -0.0304. The average molecular weight is 344 g/mol. The number of nitrogens with zero attached hydrogens (tertiary/aromatic N) is 2. The number of pyridine rings is 1. The number of para-hydroxylation sites is 1. The van der Waals surface area contributed by atoms with Crippen LogP contribution in [0, 0.1) is 32.1 Å². The fourth-order valence-corrected chi connectivity index (χ4v) is 3.00. The van der Waals surface area contributed by atoms with Crippen LogP contribution >= 0.6 is 0 Å². The molecular weight excluding hydrogens is 324 g/mol. The summed E-state index contributed by atoms with van der Waals surface area (Å²) in [7, 11) is 1.72. The summed E-state index contributed by atoms with van der Waals surface area (Å²) in [6.07, 6.45) is 1.77. The van der Waals surface area contributed by atoms with Gasteiger partial charge in [0, 0.05) is 18.8 Å². The summed E-state index contributed by atoms with van der Waals surface area (Å²) in [4.78, 5) is 11.9. The summed E-state index contributed by atoms with van der Waals surface area (Å²) in [6.45, 7) is 5.77. The largest absolute Gasteiger partial charge is 0.457 e. The van der Waals surface area contributed by atoms with E-state index in [2.05, 4.69) is 6.07 Å². The maximum atomic E-state index is 11.9. The van der Waals surface area contributed by atoms with Crippen LogP contribution in [0.15, 0.2) is 53.5 Å². The van der Waals surface area contributed by atoms with Crippen LogP contribution in [0.5, 0.6) is 11.5 Å². The van der Waals surface area contributed by atoms with Crippen molar-refractivity contribution < 1.29 is 4.74 Å². The van der Waals surface area contributed by atoms with Gasteiger partial charge >= 0.3 is 0 Å². The summed E-state index contributed by atoms with van der Waals surface area (Å²) < 4.78 is 7.66. The molecule has 0 aliphatic heterocycles. The minimum Gasteiger partial charge on any atom is -0.457 e. The van der Waals surface area contributed by atoms with Crippen LogP contribution in [0.25, 0.3) is 11.1 Å². The van der Waals surface area contributed by atoms with Crippen molar-refractivity contribution in [2.75, 3.05) is 0 Å². The van der Waals surface area contributed by atoms with Gasteiger partial charge in [-0.1, -0.05) is 18.2 Å². The highest BCUT2D eigenvalue weighted by molar-refractivity contribution is 5.67. The second-order valence-electron chi connectivity index (χ2n) is 6.51. The maximum Gasteiger partial charge on any atom is 0.253 e. The number of rotatable bonds is 3. The molecule has 0 fully saturated rings. The highest BCUT2D eigenvalue weighted by Crippen LogP contribution is 2.32. The van der Waals surface area contributed by atoms with Crippen LogP contribution in [-0.2, 0) is 7.05 Å². The zero-order valence-electron chi connectivity index (χ0n) is 15.3. The molecule has 4 heteroatoms. The average Bonchev–Trinajstić information content (AvgIpc) is 2.62. The zero-order chi connectivity index (χ0) is 18.8. The Labute approximate surface area is 152 Å². The van der Waals surface area contributed by atoms with E-state index in [-0.39, 0.29) is 5.56 Å². The van der Waals surface area contributed by atoms with Gasteiger partial charge in [0.25, 0.3) is 5.56 Å². The van der Waals surface area contributed by atoms with Gasteiger partial charge in [0.2, 0.25) is 0 Å². The number of aromatic nitrogens is 1. The SMILES string of the molecule is Cc1cccc(C)c1Oc1cc(C#N)cc(-c2cc(C)c(=O)n(C)c2)c1. The first-order chi connectivity index (χ1) is 12.4. The molecule has 2 aromatic carbocycles. The van der Waals surface area contributed by atoms with E-state index in [9.17, 15) is 10.1 Å². The van der Waals surface area contributed by atoms with Gasteiger partial charge in [0.1, 0.15) is 11.5 Å². The molecule has 0 bridgehead atoms. The molecule has 1 aromatic heterocycles. The van der Waals surface area contributed by atoms with Crippen LogP contribution in [0.4, 0.5) is 0 Å². The minimum absolute atomic E-state index is 0.0304. The molecule has 0 radical (unpaired) electrons. The zero-order valence-corrected chi connectivity index (χ0v) is 15.3. The Morgan fingerprint density at radius 3 is 2.27 bits per heavy atom. The molecule has 26 heavy (non-hydrogen) atoms. The first kappa shape index (κ1) is 17.5. The molecule has 1 heterocycles. The van der Waals surface area contributed by atoms with Gasteiger partial charge in [0.15, 0.2) is 0 Å². The summed E-state index contributed by atoms with van der Waals surface area (Å²) in [6, 6.07) is 15.4. The molecule has 3 aromatic rings. The third-order valence-electron chi connectivity index (χ3n) is 4.36. The lowest BCUT2D eigenvalue weighted by molar-refractivity contribution is 0.475. The van der Waals surface area contributed by atoms with Crippen molar-refractivity contribution in [1.82, 2.24) is 4.57 Å². The van der Waals surface area contributed by atoms with Crippen molar-refractivity contribution in [3.63, 3.8) is 0 Å². The first-order valence-corrected chi connectivity index (χ1v) is 8.36. The highest BCUT2D eigenvalue weighted by atomic mass is 16.5. The van der Waals surface area contributed by atoms with Crippen molar-refractivity contribution in [3.8, 4) is 28.7 Å². The molecule has 0 unspecified atom stereocenters. The van der Waals surface area contributed by atoms with Crippen molar-refractivity contribution in [2.24, 2.45) is 7.05 Å². The Morgan fingerprint density at radius 2 is 1.65 bits per heavy atom. The predicted octanol–water partition coefficient (Wildman–Crippen LogP) is 4.64. The molecule has 0 saturated heterocycles. The van der Waals surface area contributed by atoms with E-state index in [0.29, 0.717) is 16.9 Å². The van der Waals surface area contributed by atoms with E-state index in [1.54, 1.807) is 36.9 Å². The number of aryl methyl sites for hydroxylation is 4. The van der Waals surface area contributed by atoms with Crippen molar-refractivity contribution >= 4 is 0 Å². The lowest BCUT2D eigenvalue weighted by Crippen LogP contribution is -2.18. The smallest absolute Gasteiger partial charge is 0.253 e. The summed E-state index contributed by atoms with van der Waals surface area (Å²) >= 11 is 0. The number of hydrogen-bond donors (Lipinski definition) is 0. The van der Waals surface area contributed by atoms with E-state index in [4.69, 9.17) is 4.74 Å². The van der Waals surface area contributed by atoms with Crippen molar-refractivity contribution in [3.05, 3.63) is 81.3 Å². The standard InChI is InChI=1S/C22H20N2O2/c1-14-6-5-7-15(2)21(14)26-20-10-17(12-23)9-18(11-20)19-8-16(3)22(25)24(4)13-19/h5-11,13H,1-4H3. The van der Waals surface area contributed by atoms with Gasteiger partial charge in [0.05, 0.1) is 11.6 Å².